The normalized spacial score (nSPS) is 14.7. The summed E-state index contributed by atoms with van der Waals surface area (Å²) in [6.45, 7) is 2.01. The summed E-state index contributed by atoms with van der Waals surface area (Å²) in [6.07, 6.45) is 3.90. The zero-order chi connectivity index (χ0) is 14.9. The predicted octanol–water partition coefficient (Wildman–Crippen LogP) is 2.89. The molecule has 0 spiro atoms. The minimum atomic E-state index is 0.512. The molecule has 1 aliphatic heterocycles. The highest BCUT2D eigenvalue weighted by Gasteiger charge is 2.23. The highest BCUT2D eigenvalue weighted by molar-refractivity contribution is 5.99. The van der Waals surface area contributed by atoms with Crippen LogP contribution in [0.4, 0.5) is 5.82 Å². The second kappa shape index (κ2) is 5.29. The number of fused-ring (bicyclic) bond motifs is 1. The number of ether oxygens (including phenoxy) is 1. The molecule has 0 radical (unpaired) electrons. The zero-order valence-electron chi connectivity index (χ0n) is 12.3. The molecule has 3 heterocycles. The highest BCUT2D eigenvalue weighted by atomic mass is 16.5. The van der Waals surface area contributed by atoms with Gasteiger partial charge in [-0.2, -0.15) is 4.98 Å². The molecule has 4 rings (SSSR count). The molecule has 0 unspecified atom stereocenters. The third-order valence-electron chi connectivity index (χ3n) is 4.02. The highest BCUT2D eigenvalue weighted by Crippen LogP contribution is 2.37. The smallest absolute Gasteiger partial charge is 0.263 e. The summed E-state index contributed by atoms with van der Waals surface area (Å²) in [7, 11) is 1.65. The lowest BCUT2D eigenvalue weighted by molar-refractivity contribution is 0.414. The minimum Gasteiger partial charge on any atom is -0.496 e. The summed E-state index contributed by atoms with van der Waals surface area (Å²) in [5, 5.41) is 5.08. The Labute approximate surface area is 127 Å². The summed E-state index contributed by atoms with van der Waals surface area (Å²) in [5.41, 5.74) is 2.13. The molecule has 2 aromatic heterocycles. The fourth-order valence-corrected chi connectivity index (χ4v) is 2.96. The van der Waals surface area contributed by atoms with Gasteiger partial charge >= 0.3 is 0 Å². The van der Waals surface area contributed by atoms with E-state index in [-0.39, 0.29) is 0 Å². The van der Waals surface area contributed by atoms with Crippen LogP contribution in [0.15, 0.2) is 35.1 Å². The van der Waals surface area contributed by atoms with Gasteiger partial charge in [-0.1, -0.05) is 17.3 Å². The molecule has 1 aliphatic rings. The van der Waals surface area contributed by atoms with Crippen LogP contribution < -0.4 is 9.64 Å². The van der Waals surface area contributed by atoms with Gasteiger partial charge in [-0.15, -0.1) is 0 Å². The van der Waals surface area contributed by atoms with Crippen LogP contribution in [-0.2, 0) is 0 Å². The maximum absolute atomic E-state index is 5.45. The van der Waals surface area contributed by atoms with E-state index >= 15 is 0 Å². The average Bonchev–Trinajstić information content (AvgIpc) is 3.24. The van der Waals surface area contributed by atoms with Crippen molar-refractivity contribution in [1.82, 2.24) is 15.1 Å². The van der Waals surface area contributed by atoms with E-state index in [1.165, 1.54) is 19.2 Å². The topological polar surface area (TPSA) is 64.3 Å². The lowest BCUT2D eigenvalue weighted by atomic mass is 10.1. The van der Waals surface area contributed by atoms with Gasteiger partial charge in [0.05, 0.1) is 7.11 Å². The number of methoxy groups -OCH3 is 1. The first-order valence-corrected chi connectivity index (χ1v) is 7.37. The van der Waals surface area contributed by atoms with Crippen molar-refractivity contribution in [2.45, 2.75) is 12.8 Å². The van der Waals surface area contributed by atoms with Crippen molar-refractivity contribution in [3.63, 3.8) is 0 Å². The Balaban J connectivity index is 1.95. The number of hydrogen-bond acceptors (Lipinski definition) is 6. The lowest BCUT2D eigenvalue weighted by Crippen LogP contribution is -2.19. The number of hydrogen-bond donors (Lipinski definition) is 0. The van der Waals surface area contributed by atoms with E-state index in [0.717, 1.165) is 41.3 Å². The summed E-state index contributed by atoms with van der Waals surface area (Å²) in [5.74, 6) is 1.65. The van der Waals surface area contributed by atoms with Gasteiger partial charge in [-0.3, -0.25) is 0 Å². The Kier molecular flexibility index (Phi) is 3.14. The van der Waals surface area contributed by atoms with Gasteiger partial charge in [-0.05, 0) is 25.0 Å². The molecule has 22 heavy (non-hydrogen) atoms. The molecule has 0 bridgehead atoms. The van der Waals surface area contributed by atoms with Gasteiger partial charge < -0.3 is 14.2 Å². The first-order chi connectivity index (χ1) is 10.9. The summed E-state index contributed by atoms with van der Waals surface area (Å²) >= 11 is 0. The van der Waals surface area contributed by atoms with Gasteiger partial charge in [0.15, 0.2) is 0 Å². The van der Waals surface area contributed by atoms with Gasteiger partial charge in [0.25, 0.3) is 5.71 Å². The van der Waals surface area contributed by atoms with Crippen molar-refractivity contribution in [2.75, 3.05) is 25.1 Å². The molecule has 6 nitrogen and oxygen atoms in total. The van der Waals surface area contributed by atoms with E-state index in [2.05, 4.69) is 20.0 Å². The summed E-state index contributed by atoms with van der Waals surface area (Å²) in [4.78, 5) is 10.9. The molecule has 0 aliphatic carbocycles. The van der Waals surface area contributed by atoms with Crippen molar-refractivity contribution < 1.29 is 9.26 Å². The Hall–Kier alpha value is -2.63. The SMILES string of the molecule is COc1ccccc1-c1noc2ncnc(N3CCCC3)c12. The average molecular weight is 296 g/mol. The number of nitrogens with zero attached hydrogens (tertiary/aromatic N) is 4. The molecule has 0 N–H and O–H groups in total. The van der Waals surface area contributed by atoms with E-state index in [9.17, 15) is 0 Å². The van der Waals surface area contributed by atoms with Crippen molar-refractivity contribution in [3.8, 4) is 17.0 Å². The summed E-state index contributed by atoms with van der Waals surface area (Å²) in [6, 6.07) is 7.77. The molecule has 0 atom stereocenters. The monoisotopic (exact) mass is 296 g/mol. The second-order valence-electron chi connectivity index (χ2n) is 5.30. The quantitative estimate of drug-likeness (QED) is 0.740. The Bertz CT molecular complexity index is 809. The zero-order valence-corrected chi connectivity index (χ0v) is 12.3. The second-order valence-corrected chi connectivity index (χ2v) is 5.30. The minimum absolute atomic E-state index is 0.512. The molecular weight excluding hydrogens is 280 g/mol. The van der Waals surface area contributed by atoms with Crippen LogP contribution in [-0.4, -0.2) is 35.3 Å². The Morgan fingerprint density at radius 2 is 1.95 bits per heavy atom. The van der Waals surface area contributed by atoms with E-state index in [4.69, 9.17) is 9.26 Å². The largest absolute Gasteiger partial charge is 0.496 e. The number of para-hydroxylation sites is 1. The van der Waals surface area contributed by atoms with E-state index in [0.29, 0.717) is 5.71 Å². The third-order valence-corrected chi connectivity index (χ3v) is 4.02. The van der Waals surface area contributed by atoms with Crippen molar-refractivity contribution in [3.05, 3.63) is 30.6 Å². The maximum atomic E-state index is 5.45. The van der Waals surface area contributed by atoms with Crippen LogP contribution in [0.25, 0.3) is 22.4 Å². The molecule has 3 aromatic rings. The lowest BCUT2D eigenvalue weighted by Gasteiger charge is -2.16. The van der Waals surface area contributed by atoms with Crippen molar-refractivity contribution in [2.24, 2.45) is 0 Å². The molecule has 112 valence electrons. The van der Waals surface area contributed by atoms with Crippen LogP contribution >= 0.6 is 0 Å². The van der Waals surface area contributed by atoms with Gasteiger partial charge in [-0.25, -0.2) is 4.98 Å². The van der Waals surface area contributed by atoms with Gasteiger partial charge in [0, 0.05) is 18.7 Å². The predicted molar refractivity (Wildman–Crippen MR) is 83.0 cm³/mol. The van der Waals surface area contributed by atoms with Crippen LogP contribution in [0.1, 0.15) is 12.8 Å². The standard InChI is InChI=1S/C16H16N4O2/c1-21-12-7-3-2-6-11(12)14-13-15(20-8-4-5-9-20)17-10-18-16(13)22-19-14/h2-3,6-7,10H,4-5,8-9H2,1H3. The van der Waals surface area contributed by atoms with E-state index < -0.39 is 0 Å². The fraction of sp³-hybridized carbons (Fsp3) is 0.312. The van der Waals surface area contributed by atoms with Crippen LogP contribution in [0.2, 0.25) is 0 Å². The van der Waals surface area contributed by atoms with Crippen LogP contribution in [0, 0.1) is 0 Å². The van der Waals surface area contributed by atoms with Crippen molar-refractivity contribution >= 4 is 16.9 Å². The third kappa shape index (κ3) is 1.99. The van der Waals surface area contributed by atoms with Crippen LogP contribution in [0.5, 0.6) is 5.75 Å². The molecule has 0 saturated carbocycles. The number of rotatable bonds is 3. The number of aromatic nitrogens is 3. The first-order valence-electron chi connectivity index (χ1n) is 7.37. The van der Waals surface area contributed by atoms with Crippen molar-refractivity contribution in [1.29, 1.82) is 0 Å². The Morgan fingerprint density at radius 3 is 2.77 bits per heavy atom. The molecule has 1 aromatic carbocycles. The molecule has 6 heteroatoms. The molecule has 1 saturated heterocycles. The molecule has 0 amide bonds. The number of benzene rings is 1. The molecule has 1 fully saturated rings. The number of anilines is 1. The fourth-order valence-electron chi connectivity index (χ4n) is 2.96. The van der Waals surface area contributed by atoms with Crippen LogP contribution in [0.3, 0.4) is 0 Å². The van der Waals surface area contributed by atoms with E-state index in [1.807, 2.05) is 24.3 Å². The Morgan fingerprint density at radius 1 is 1.14 bits per heavy atom. The summed E-state index contributed by atoms with van der Waals surface area (Å²) < 4.78 is 10.9. The van der Waals surface area contributed by atoms with Gasteiger partial charge in [0.2, 0.25) is 0 Å². The first kappa shape index (κ1) is 13.1. The van der Waals surface area contributed by atoms with Gasteiger partial charge in [0.1, 0.15) is 29.0 Å². The maximum Gasteiger partial charge on any atom is 0.263 e. The molecular formula is C16H16N4O2. The van der Waals surface area contributed by atoms with E-state index in [1.54, 1.807) is 7.11 Å².